The van der Waals surface area contributed by atoms with Crippen LogP contribution in [0.25, 0.3) is 21.4 Å². The molecule has 1 amide bonds. The number of aryl methyl sites for hydroxylation is 1. The number of carbonyl (C=O) groups is 1. The first-order valence-electron chi connectivity index (χ1n) is 8.23. The van der Waals surface area contributed by atoms with Crippen molar-refractivity contribution in [3.05, 3.63) is 38.0 Å². The van der Waals surface area contributed by atoms with Crippen LogP contribution in [0.15, 0.2) is 21.7 Å². The Balaban J connectivity index is 1.63. The van der Waals surface area contributed by atoms with Crippen molar-refractivity contribution in [2.45, 2.75) is 6.54 Å². The number of amides is 1. The number of halogens is 1. The molecule has 0 bridgehead atoms. The summed E-state index contributed by atoms with van der Waals surface area (Å²) in [6, 6.07) is 3.39. The summed E-state index contributed by atoms with van der Waals surface area (Å²) in [5, 5.41) is 11.2. The number of hydrogen-bond donors (Lipinski definition) is 1. The Kier molecular flexibility index (Phi) is 4.59. The van der Waals surface area contributed by atoms with Crippen LogP contribution in [0.5, 0.6) is 5.75 Å². The van der Waals surface area contributed by atoms with E-state index in [1.807, 2.05) is 0 Å². The van der Waals surface area contributed by atoms with Gasteiger partial charge in [0.2, 0.25) is 5.91 Å². The molecule has 0 saturated carbocycles. The SMILES string of the molecule is COc1cc2nc(NC(=O)Cn3nnc4c3c(=O)n(C)c(=O)n4C)sc2cc1Cl. The van der Waals surface area contributed by atoms with Crippen molar-refractivity contribution < 1.29 is 9.53 Å². The van der Waals surface area contributed by atoms with E-state index in [9.17, 15) is 14.4 Å². The molecule has 0 saturated heterocycles. The third-order valence-electron chi connectivity index (χ3n) is 4.32. The first-order valence-corrected chi connectivity index (χ1v) is 9.42. The molecular weight excluding hydrogens is 422 g/mol. The lowest BCUT2D eigenvalue weighted by Gasteiger charge is -2.04. The van der Waals surface area contributed by atoms with Gasteiger partial charge < -0.3 is 10.1 Å². The van der Waals surface area contributed by atoms with Crippen molar-refractivity contribution >= 4 is 55.4 Å². The van der Waals surface area contributed by atoms with Crippen LogP contribution in [0.2, 0.25) is 5.02 Å². The number of hydrogen-bond acceptors (Lipinski definition) is 8. The molecule has 0 unspecified atom stereocenters. The van der Waals surface area contributed by atoms with E-state index in [2.05, 4.69) is 20.6 Å². The minimum absolute atomic E-state index is 0.0607. The quantitative estimate of drug-likeness (QED) is 0.501. The largest absolute Gasteiger partial charge is 0.495 e. The molecule has 0 fully saturated rings. The van der Waals surface area contributed by atoms with E-state index < -0.39 is 17.2 Å². The van der Waals surface area contributed by atoms with E-state index in [0.717, 1.165) is 13.9 Å². The summed E-state index contributed by atoms with van der Waals surface area (Å²) in [4.78, 5) is 41.2. The van der Waals surface area contributed by atoms with Gasteiger partial charge in [-0.15, -0.1) is 5.10 Å². The highest BCUT2D eigenvalue weighted by Gasteiger charge is 2.18. The monoisotopic (exact) mass is 435 g/mol. The van der Waals surface area contributed by atoms with Gasteiger partial charge in [-0.05, 0) is 6.07 Å². The maximum absolute atomic E-state index is 12.5. The van der Waals surface area contributed by atoms with Crippen molar-refractivity contribution in [2.24, 2.45) is 14.1 Å². The zero-order valence-corrected chi connectivity index (χ0v) is 17.0. The van der Waals surface area contributed by atoms with Crippen LogP contribution in [-0.2, 0) is 25.4 Å². The molecule has 0 radical (unpaired) electrons. The lowest BCUT2D eigenvalue weighted by molar-refractivity contribution is -0.116. The molecule has 0 spiro atoms. The second-order valence-corrected chi connectivity index (χ2v) is 7.58. The number of rotatable bonds is 4. The number of ether oxygens (including phenoxy) is 1. The second-order valence-electron chi connectivity index (χ2n) is 6.15. The molecule has 13 heteroatoms. The van der Waals surface area contributed by atoms with Gasteiger partial charge in [0.1, 0.15) is 12.3 Å². The van der Waals surface area contributed by atoms with Gasteiger partial charge in [0.25, 0.3) is 5.56 Å². The summed E-state index contributed by atoms with van der Waals surface area (Å²) in [5.74, 6) is 0.0303. The summed E-state index contributed by atoms with van der Waals surface area (Å²) in [7, 11) is 4.33. The Morgan fingerprint density at radius 2 is 2.03 bits per heavy atom. The molecule has 0 aliphatic rings. The van der Waals surface area contributed by atoms with Crippen LogP contribution in [0.1, 0.15) is 0 Å². The lowest BCUT2D eigenvalue weighted by atomic mass is 10.3. The number of nitrogens with zero attached hydrogens (tertiary/aromatic N) is 6. The number of nitrogens with one attached hydrogen (secondary N) is 1. The Labute approximate surface area is 171 Å². The van der Waals surface area contributed by atoms with Crippen molar-refractivity contribution in [3.8, 4) is 5.75 Å². The predicted molar refractivity (Wildman–Crippen MR) is 108 cm³/mol. The number of methoxy groups -OCH3 is 1. The smallest absolute Gasteiger partial charge is 0.332 e. The van der Waals surface area contributed by atoms with Gasteiger partial charge >= 0.3 is 5.69 Å². The van der Waals surface area contributed by atoms with Crippen LogP contribution in [0, 0.1) is 0 Å². The van der Waals surface area contributed by atoms with Crippen LogP contribution >= 0.6 is 22.9 Å². The van der Waals surface area contributed by atoms with Gasteiger partial charge in [-0.3, -0.25) is 18.7 Å². The molecular formula is C16H14ClN7O4S. The van der Waals surface area contributed by atoms with E-state index in [0.29, 0.717) is 21.4 Å². The van der Waals surface area contributed by atoms with Crippen LogP contribution in [0.4, 0.5) is 5.13 Å². The molecule has 150 valence electrons. The van der Waals surface area contributed by atoms with Crippen LogP contribution in [0.3, 0.4) is 0 Å². The maximum Gasteiger partial charge on any atom is 0.332 e. The van der Waals surface area contributed by atoms with Crippen molar-refractivity contribution in [3.63, 3.8) is 0 Å². The molecule has 4 rings (SSSR count). The fourth-order valence-electron chi connectivity index (χ4n) is 2.84. The predicted octanol–water partition coefficient (Wildman–Crippen LogP) is 0.739. The highest BCUT2D eigenvalue weighted by molar-refractivity contribution is 7.22. The molecule has 3 heterocycles. The minimum atomic E-state index is -0.581. The van der Waals surface area contributed by atoms with Gasteiger partial charge in [-0.2, -0.15) is 0 Å². The fourth-order valence-corrected chi connectivity index (χ4v) is 4.05. The molecule has 1 N–H and O–H groups in total. The van der Waals surface area contributed by atoms with E-state index in [1.54, 1.807) is 12.1 Å². The Bertz CT molecular complexity index is 1400. The van der Waals surface area contributed by atoms with E-state index in [4.69, 9.17) is 16.3 Å². The third kappa shape index (κ3) is 3.15. The Morgan fingerprint density at radius 3 is 2.76 bits per heavy atom. The van der Waals surface area contributed by atoms with Crippen LogP contribution < -0.4 is 21.3 Å². The summed E-state index contributed by atoms with van der Waals surface area (Å²) in [5.41, 5.74) is -0.315. The second kappa shape index (κ2) is 6.97. The number of benzene rings is 1. The van der Waals surface area contributed by atoms with E-state index >= 15 is 0 Å². The van der Waals surface area contributed by atoms with Gasteiger partial charge in [-0.25, -0.2) is 14.5 Å². The van der Waals surface area contributed by atoms with E-state index in [1.165, 1.54) is 37.1 Å². The summed E-state index contributed by atoms with van der Waals surface area (Å²) >= 11 is 7.36. The first-order chi connectivity index (χ1) is 13.8. The summed E-state index contributed by atoms with van der Waals surface area (Å²) in [6.07, 6.45) is 0. The lowest BCUT2D eigenvalue weighted by Crippen LogP contribution is -2.38. The van der Waals surface area contributed by atoms with Crippen molar-refractivity contribution in [2.75, 3.05) is 12.4 Å². The number of fused-ring (bicyclic) bond motifs is 2. The molecule has 4 aromatic rings. The van der Waals surface area contributed by atoms with E-state index in [-0.39, 0.29) is 17.7 Å². The fraction of sp³-hybridized carbons (Fsp3) is 0.250. The highest BCUT2D eigenvalue weighted by Crippen LogP contribution is 2.34. The Hall–Kier alpha value is -3.25. The number of carbonyl (C=O) groups excluding carboxylic acids is 1. The Morgan fingerprint density at radius 1 is 1.28 bits per heavy atom. The third-order valence-corrected chi connectivity index (χ3v) is 5.55. The first kappa shape index (κ1) is 19.1. The average Bonchev–Trinajstić information content (AvgIpc) is 3.27. The highest BCUT2D eigenvalue weighted by atomic mass is 35.5. The van der Waals surface area contributed by atoms with Gasteiger partial charge in [0, 0.05) is 20.2 Å². The maximum atomic E-state index is 12.5. The summed E-state index contributed by atoms with van der Waals surface area (Å²) < 4.78 is 9.23. The molecule has 1 aromatic carbocycles. The zero-order valence-electron chi connectivity index (χ0n) is 15.5. The van der Waals surface area contributed by atoms with Crippen molar-refractivity contribution in [1.29, 1.82) is 0 Å². The van der Waals surface area contributed by atoms with Crippen molar-refractivity contribution in [1.82, 2.24) is 29.1 Å². The van der Waals surface area contributed by atoms with Gasteiger partial charge in [0.15, 0.2) is 16.3 Å². The minimum Gasteiger partial charge on any atom is -0.495 e. The molecule has 0 atom stereocenters. The van der Waals surface area contributed by atoms with Crippen LogP contribution in [-0.4, -0.2) is 42.1 Å². The topological polar surface area (TPSA) is 126 Å². The average molecular weight is 436 g/mol. The van der Waals surface area contributed by atoms with Gasteiger partial charge in [-0.1, -0.05) is 28.2 Å². The number of thiazole rings is 1. The normalized spacial score (nSPS) is 11.3. The van der Waals surface area contributed by atoms with Gasteiger partial charge in [0.05, 0.1) is 22.3 Å². The summed E-state index contributed by atoms with van der Waals surface area (Å²) in [6.45, 7) is -0.274. The zero-order chi connectivity index (χ0) is 20.9. The molecule has 11 nitrogen and oxygen atoms in total. The molecule has 3 aromatic heterocycles. The number of anilines is 1. The standard InChI is InChI=1S/C16H14ClN7O4S/c1-22-13-12(14(26)23(2)16(22)27)24(21-20-13)6-11(25)19-15-18-8-5-9(28-3)7(17)4-10(8)29-15/h4-5H,6H2,1-3H3,(H,18,19,25). The molecule has 0 aliphatic carbocycles. The molecule has 0 aliphatic heterocycles. The molecule has 29 heavy (non-hydrogen) atoms. The number of aromatic nitrogens is 6.